The minimum absolute atomic E-state index is 0.0240. The maximum absolute atomic E-state index is 12.1. The quantitative estimate of drug-likeness (QED) is 0.647. The number of carbonyl (C=O) groups is 1. The molecule has 1 aromatic heterocycles. The van der Waals surface area contributed by atoms with Crippen molar-refractivity contribution in [3.63, 3.8) is 0 Å². The first kappa shape index (κ1) is 16.6. The zero-order valence-corrected chi connectivity index (χ0v) is 13.5. The number of nitriles is 1. The monoisotopic (exact) mass is 331 g/mol. The average Bonchev–Trinajstić information content (AvgIpc) is 3.30. The number of hydrogen-bond acceptors (Lipinski definition) is 6. The Morgan fingerprint density at radius 2 is 2.21 bits per heavy atom. The summed E-state index contributed by atoms with van der Waals surface area (Å²) in [6.45, 7) is 4.03. The summed E-state index contributed by atoms with van der Waals surface area (Å²) in [6, 6.07) is 5.53. The highest BCUT2D eigenvalue weighted by molar-refractivity contribution is 6.01. The van der Waals surface area contributed by atoms with E-state index in [-0.39, 0.29) is 11.7 Å². The summed E-state index contributed by atoms with van der Waals surface area (Å²) in [6.07, 6.45) is 3.46. The van der Waals surface area contributed by atoms with Crippen LogP contribution < -0.4 is 10.2 Å². The summed E-state index contributed by atoms with van der Waals surface area (Å²) in [5.41, 5.74) is 0.0240. The molecule has 1 atom stereocenters. The Morgan fingerprint density at radius 1 is 1.38 bits per heavy atom. The van der Waals surface area contributed by atoms with Crippen LogP contribution in [0.4, 0.5) is 5.88 Å². The van der Waals surface area contributed by atoms with E-state index in [0.717, 1.165) is 38.4 Å². The number of hydrogen-bond donors (Lipinski definition) is 1. The first-order valence-electron chi connectivity index (χ1n) is 8.20. The van der Waals surface area contributed by atoms with E-state index in [1.54, 1.807) is 6.07 Å². The van der Waals surface area contributed by atoms with Gasteiger partial charge in [0.1, 0.15) is 17.4 Å². The van der Waals surface area contributed by atoms with Crippen molar-refractivity contribution < 1.29 is 18.7 Å². The molecule has 0 spiro atoms. The SMILES string of the molecule is N#C/C(=C\c1ccc(N2CCOCC2)o1)C(=O)NC[C@H]1CCCO1. The Hall–Kier alpha value is -2.30. The van der Waals surface area contributed by atoms with Crippen molar-refractivity contribution in [2.75, 3.05) is 44.4 Å². The van der Waals surface area contributed by atoms with Crippen molar-refractivity contribution in [1.29, 1.82) is 5.26 Å². The molecule has 0 bridgehead atoms. The van der Waals surface area contributed by atoms with E-state index in [4.69, 9.17) is 13.9 Å². The second kappa shape index (κ2) is 7.99. The van der Waals surface area contributed by atoms with Crippen LogP contribution in [-0.2, 0) is 14.3 Å². The summed E-state index contributed by atoms with van der Waals surface area (Å²) in [5, 5.41) is 12.0. The van der Waals surface area contributed by atoms with Gasteiger partial charge in [0.15, 0.2) is 5.88 Å². The standard InChI is InChI=1S/C17H21N3O4/c18-11-13(17(21)19-12-15-2-1-7-23-15)10-14-3-4-16(24-14)20-5-8-22-9-6-20/h3-4,10,15H,1-2,5-9,12H2,(H,19,21)/b13-10+/t15-/m1/s1. The third kappa shape index (κ3) is 4.16. The molecule has 2 aliphatic rings. The van der Waals surface area contributed by atoms with Gasteiger partial charge in [-0.25, -0.2) is 0 Å². The fourth-order valence-electron chi connectivity index (χ4n) is 2.77. The number of morpholine rings is 1. The van der Waals surface area contributed by atoms with E-state index < -0.39 is 5.91 Å². The van der Waals surface area contributed by atoms with Crippen LogP contribution in [-0.4, -0.2) is 51.5 Å². The van der Waals surface area contributed by atoms with Crippen molar-refractivity contribution in [2.45, 2.75) is 18.9 Å². The Balaban J connectivity index is 1.60. The summed E-state index contributed by atoms with van der Waals surface area (Å²) in [5.74, 6) is 0.805. The molecule has 0 saturated carbocycles. The second-order valence-corrected chi connectivity index (χ2v) is 5.79. The van der Waals surface area contributed by atoms with Gasteiger partial charge >= 0.3 is 0 Å². The van der Waals surface area contributed by atoms with Crippen molar-refractivity contribution in [3.8, 4) is 6.07 Å². The topological polar surface area (TPSA) is 87.7 Å². The van der Waals surface area contributed by atoms with Gasteiger partial charge in [-0.3, -0.25) is 4.79 Å². The fraction of sp³-hybridized carbons (Fsp3) is 0.529. The molecule has 0 radical (unpaired) electrons. The maximum Gasteiger partial charge on any atom is 0.262 e. The minimum atomic E-state index is -0.405. The molecule has 1 N–H and O–H groups in total. The van der Waals surface area contributed by atoms with Gasteiger partial charge in [0.05, 0.1) is 19.3 Å². The van der Waals surface area contributed by atoms with E-state index in [1.807, 2.05) is 12.1 Å². The first-order chi connectivity index (χ1) is 11.8. The van der Waals surface area contributed by atoms with Crippen LogP contribution in [0.5, 0.6) is 0 Å². The van der Waals surface area contributed by atoms with Crippen molar-refractivity contribution >= 4 is 17.9 Å². The van der Waals surface area contributed by atoms with Gasteiger partial charge in [0, 0.05) is 38.4 Å². The normalized spacial score (nSPS) is 21.5. The van der Waals surface area contributed by atoms with E-state index in [0.29, 0.717) is 25.5 Å². The highest BCUT2D eigenvalue weighted by atomic mass is 16.5. The molecule has 7 heteroatoms. The molecule has 2 fully saturated rings. The second-order valence-electron chi connectivity index (χ2n) is 5.79. The van der Waals surface area contributed by atoms with Gasteiger partial charge < -0.3 is 24.1 Å². The molecule has 3 rings (SSSR count). The summed E-state index contributed by atoms with van der Waals surface area (Å²) in [4.78, 5) is 14.2. The molecule has 128 valence electrons. The zero-order valence-electron chi connectivity index (χ0n) is 13.5. The molecule has 0 aliphatic carbocycles. The van der Waals surface area contributed by atoms with Crippen LogP contribution in [0, 0.1) is 11.3 Å². The van der Waals surface area contributed by atoms with Crippen molar-refractivity contribution in [1.82, 2.24) is 5.32 Å². The lowest BCUT2D eigenvalue weighted by molar-refractivity contribution is -0.117. The number of carbonyl (C=O) groups excluding carboxylic acids is 1. The number of rotatable bonds is 5. The molecule has 24 heavy (non-hydrogen) atoms. The lowest BCUT2D eigenvalue weighted by Gasteiger charge is -2.26. The molecular weight excluding hydrogens is 310 g/mol. The Morgan fingerprint density at radius 3 is 2.92 bits per heavy atom. The maximum atomic E-state index is 12.1. The molecule has 1 amide bonds. The number of nitrogens with one attached hydrogen (secondary N) is 1. The van der Waals surface area contributed by atoms with E-state index in [1.165, 1.54) is 6.08 Å². The zero-order chi connectivity index (χ0) is 16.8. The largest absolute Gasteiger partial charge is 0.441 e. The van der Waals surface area contributed by atoms with Gasteiger partial charge in [0.25, 0.3) is 5.91 Å². The lowest BCUT2D eigenvalue weighted by Crippen LogP contribution is -2.35. The van der Waals surface area contributed by atoms with Crippen LogP contribution in [0.25, 0.3) is 6.08 Å². The highest BCUT2D eigenvalue weighted by Gasteiger charge is 2.18. The highest BCUT2D eigenvalue weighted by Crippen LogP contribution is 2.21. The molecule has 7 nitrogen and oxygen atoms in total. The van der Waals surface area contributed by atoms with Gasteiger partial charge in [-0.1, -0.05) is 0 Å². The number of amides is 1. The first-order valence-corrected chi connectivity index (χ1v) is 8.20. The van der Waals surface area contributed by atoms with Crippen molar-refractivity contribution in [2.24, 2.45) is 0 Å². The molecule has 0 aromatic carbocycles. The van der Waals surface area contributed by atoms with Crippen LogP contribution in [0.15, 0.2) is 22.1 Å². The molecule has 1 aromatic rings. The van der Waals surface area contributed by atoms with Gasteiger partial charge in [0.2, 0.25) is 0 Å². The Bertz CT molecular complexity index is 635. The van der Waals surface area contributed by atoms with Crippen molar-refractivity contribution in [3.05, 3.63) is 23.5 Å². The summed E-state index contributed by atoms with van der Waals surface area (Å²) >= 11 is 0. The van der Waals surface area contributed by atoms with Crippen LogP contribution >= 0.6 is 0 Å². The fourth-order valence-corrected chi connectivity index (χ4v) is 2.77. The third-order valence-electron chi connectivity index (χ3n) is 4.10. The van der Waals surface area contributed by atoms with Crippen LogP contribution in [0.2, 0.25) is 0 Å². The minimum Gasteiger partial charge on any atom is -0.441 e. The molecule has 2 aliphatic heterocycles. The average molecular weight is 331 g/mol. The number of anilines is 1. The number of nitrogens with zero attached hydrogens (tertiary/aromatic N) is 2. The van der Waals surface area contributed by atoms with Gasteiger partial charge in [-0.05, 0) is 18.9 Å². The smallest absolute Gasteiger partial charge is 0.262 e. The lowest BCUT2D eigenvalue weighted by atomic mass is 10.2. The summed E-state index contributed by atoms with van der Waals surface area (Å²) < 4.78 is 16.5. The predicted octanol–water partition coefficient (Wildman–Crippen LogP) is 1.32. The van der Waals surface area contributed by atoms with E-state index in [2.05, 4.69) is 10.2 Å². The van der Waals surface area contributed by atoms with E-state index >= 15 is 0 Å². The molecule has 0 unspecified atom stereocenters. The molecule has 3 heterocycles. The Labute approximate surface area is 140 Å². The molecule has 2 saturated heterocycles. The number of ether oxygens (including phenoxy) is 2. The summed E-state index contributed by atoms with van der Waals surface area (Å²) in [7, 11) is 0. The predicted molar refractivity (Wildman–Crippen MR) is 87.3 cm³/mol. The number of furan rings is 1. The Kier molecular flexibility index (Phi) is 5.51. The van der Waals surface area contributed by atoms with Crippen LogP contribution in [0.3, 0.4) is 0 Å². The van der Waals surface area contributed by atoms with Gasteiger partial charge in [-0.15, -0.1) is 0 Å². The van der Waals surface area contributed by atoms with Gasteiger partial charge in [-0.2, -0.15) is 5.26 Å². The molecular formula is C17H21N3O4. The van der Waals surface area contributed by atoms with Crippen LogP contribution in [0.1, 0.15) is 18.6 Å². The van der Waals surface area contributed by atoms with E-state index in [9.17, 15) is 10.1 Å². The third-order valence-corrected chi connectivity index (χ3v) is 4.10.